The van der Waals surface area contributed by atoms with Crippen molar-refractivity contribution in [1.82, 2.24) is 20.3 Å². The first-order valence-corrected chi connectivity index (χ1v) is 8.90. The van der Waals surface area contributed by atoms with Gasteiger partial charge in [-0.3, -0.25) is 14.6 Å². The van der Waals surface area contributed by atoms with E-state index in [4.69, 9.17) is 0 Å². The number of aryl methyl sites for hydroxylation is 1. The van der Waals surface area contributed by atoms with Crippen molar-refractivity contribution in [2.75, 3.05) is 0 Å². The number of carbonyl (C=O) groups excluding carboxylic acids is 1. The van der Waals surface area contributed by atoms with Crippen molar-refractivity contribution in [1.29, 1.82) is 0 Å². The van der Waals surface area contributed by atoms with Crippen LogP contribution in [0.2, 0.25) is 0 Å². The molecule has 2 aromatic carbocycles. The average Bonchev–Trinajstić information content (AvgIpc) is 3.02. The van der Waals surface area contributed by atoms with E-state index < -0.39 is 17.2 Å². The summed E-state index contributed by atoms with van der Waals surface area (Å²) >= 11 is 0. The molecule has 0 saturated carbocycles. The maximum absolute atomic E-state index is 14.2. The highest BCUT2D eigenvalue weighted by Crippen LogP contribution is 2.31. The Hall–Kier alpha value is -3.94. The lowest BCUT2D eigenvalue weighted by molar-refractivity contribution is 0.0945. The van der Waals surface area contributed by atoms with Gasteiger partial charge in [0.15, 0.2) is 0 Å². The number of carbonyl (C=O) groups is 1. The zero-order valence-corrected chi connectivity index (χ0v) is 15.4. The summed E-state index contributed by atoms with van der Waals surface area (Å²) in [4.78, 5) is 42.4. The summed E-state index contributed by atoms with van der Waals surface area (Å²) in [6, 6.07) is 13.2. The van der Waals surface area contributed by atoms with Crippen molar-refractivity contribution < 1.29 is 9.18 Å². The number of aromatic amines is 3. The van der Waals surface area contributed by atoms with Crippen molar-refractivity contribution in [3.05, 3.63) is 92.0 Å². The molecule has 2 aromatic heterocycles. The third kappa shape index (κ3) is 3.60. The van der Waals surface area contributed by atoms with E-state index >= 15 is 0 Å². The molecule has 146 valence electrons. The van der Waals surface area contributed by atoms with Crippen LogP contribution in [0.3, 0.4) is 0 Å². The SMILES string of the molecule is Cc1c(-c2ccccc2F)[nH]c2ccc(CNC(=O)c3cc(=O)[nH]c(=O)[nH]3)cc12. The molecule has 0 atom stereocenters. The topological polar surface area (TPSA) is 111 Å². The first kappa shape index (κ1) is 18.4. The van der Waals surface area contributed by atoms with E-state index in [0.29, 0.717) is 11.3 Å². The fourth-order valence-corrected chi connectivity index (χ4v) is 3.29. The quantitative estimate of drug-likeness (QED) is 0.428. The van der Waals surface area contributed by atoms with E-state index in [0.717, 1.165) is 28.1 Å². The fourth-order valence-electron chi connectivity index (χ4n) is 3.29. The third-order valence-corrected chi connectivity index (χ3v) is 4.72. The van der Waals surface area contributed by atoms with Crippen molar-refractivity contribution in [2.24, 2.45) is 0 Å². The van der Waals surface area contributed by atoms with Crippen LogP contribution in [0.1, 0.15) is 21.6 Å². The monoisotopic (exact) mass is 392 g/mol. The van der Waals surface area contributed by atoms with Gasteiger partial charge in [-0.25, -0.2) is 9.18 Å². The molecular weight excluding hydrogens is 375 g/mol. The standard InChI is InChI=1S/C21H17FN4O3/c1-11-14-8-12(10-23-20(28)17-9-18(27)26-21(29)25-17)6-7-16(14)24-19(11)13-4-2-3-5-15(13)22/h2-9,24H,10H2,1H3,(H,23,28)(H2,25,26,27,29). The Morgan fingerprint density at radius 3 is 2.59 bits per heavy atom. The summed E-state index contributed by atoms with van der Waals surface area (Å²) in [5.74, 6) is -0.868. The zero-order chi connectivity index (χ0) is 20.5. The van der Waals surface area contributed by atoms with Crippen LogP contribution in [0.25, 0.3) is 22.2 Å². The summed E-state index contributed by atoms with van der Waals surface area (Å²) < 4.78 is 14.2. The van der Waals surface area contributed by atoms with Crippen molar-refractivity contribution >= 4 is 16.8 Å². The molecular formula is C21H17FN4O3. The molecule has 4 aromatic rings. The van der Waals surface area contributed by atoms with Gasteiger partial charge in [0.05, 0.1) is 5.69 Å². The Bertz CT molecular complexity index is 1320. The van der Waals surface area contributed by atoms with Gasteiger partial charge in [0.2, 0.25) is 0 Å². The van der Waals surface area contributed by atoms with Crippen LogP contribution in [0.15, 0.2) is 58.1 Å². The number of benzene rings is 2. The van der Waals surface area contributed by atoms with E-state index in [1.54, 1.807) is 18.2 Å². The Labute approximate surface area is 163 Å². The van der Waals surface area contributed by atoms with Gasteiger partial charge in [-0.15, -0.1) is 0 Å². The predicted octanol–water partition coefficient (Wildman–Crippen LogP) is 2.59. The van der Waals surface area contributed by atoms with Crippen LogP contribution < -0.4 is 16.6 Å². The highest BCUT2D eigenvalue weighted by atomic mass is 19.1. The van der Waals surface area contributed by atoms with E-state index in [1.807, 2.05) is 30.1 Å². The van der Waals surface area contributed by atoms with Gasteiger partial charge in [-0.2, -0.15) is 0 Å². The Morgan fingerprint density at radius 1 is 1.03 bits per heavy atom. The number of aromatic nitrogens is 3. The smallest absolute Gasteiger partial charge is 0.326 e. The number of hydrogen-bond acceptors (Lipinski definition) is 3. The summed E-state index contributed by atoms with van der Waals surface area (Å²) in [5, 5.41) is 3.59. The number of rotatable bonds is 4. The number of amides is 1. The van der Waals surface area contributed by atoms with E-state index in [-0.39, 0.29) is 18.1 Å². The second kappa shape index (κ2) is 7.23. The zero-order valence-electron chi connectivity index (χ0n) is 15.4. The van der Waals surface area contributed by atoms with Crippen LogP contribution in [-0.2, 0) is 6.54 Å². The van der Waals surface area contributed by atoms with Crippen molar-refractivity contribution in [3.8, 4) is 11.3 Å². The van der Waals surface area contributed by atoms with E-state index in [9.17, 15) is 18.8 Å². The molecule has 0 aliphatic heterocycles. The van der Waals surface area contributed by atoms with Crippen LogP contribution >= 0.6 is 0 Å². The van der Waals surface area contributed by atoms with Gasteiger partial charge in [0.25, 0.3) is 11.5 Å². The summed E-state index contributed by atoms with van der Waals surface area (Å²) in [5.41, 5.74) is 2.28. The molecule has 1 amide bonds. The van der Waals surface area contributed by atoms with Crippen LogP contribution in [0.4, 0.5) is 4.39 Å². The number of fused-ring (bicyclic) bond motifs is 1. The minimum Gasteiger partial charge on any atom is -0.354 e. The maximum Gasteiger partial charge on any atom is 0.326 e. The molecule has 0 radical (unpaired) electrons. The van der Waals surface area contributed by atoms with Crippen molar-refractivity contribution in [2.45, 2.75) is 13.5 Å². The second-order valence-corrected chi connectivity index (χ2v) is 6.67. The molecule has 0 aliphatic carbocycles. The van der Waals surface area contributed by atoms with Gasteiger partial charge >= 0.3 is 5.69 Å². The number of nitrogens with one attached hydrogen (secondary N) is 4. The first-order valence-electron chi connectivity index (χ1n) is 8.90. The van der Waals surface area contributed by atoms with Crippen LogP contribution in [-0.4, -0.2) is 20.9 Å². The minimum atomic E-state index is -0.743. The highest BCUT2D eigenvalue weighted by molar-refractivity contribution is 5.93. The molecule has 7 nitrogen and oxygen atoms in total. The number of hydrogen-bond donors (Lipinski definition) is 4. The number of halogens is 1. The lowest BCUT2D eigenvalue weighted by atomic mass is 10.0. The summed E-state index contributed by atoms with van der Waals surface area (Å²) in [7, 11) is 0. The third-order valence-electron chi connectivity index (χ3n) is 4.72. The molecule has 0 spiro atoms. The molecule has 0 saturated heterocycles. The van der Waals surface area contributed by atoms with Gasteiger partial charge in [0, 0.05) is 29.1 Å². The minimum absolute atomic E-state index is 0.112. The number of H-pyrrole nitrogens is 3. The molecule has 4 N–H and O–H groups in total. The van der Waals surface area contributed by atoms with E-state index in [2.05, 4.69) is 15.3 Å². The lowest BCUT2D eigenvalue weighted by Gasteiger charge is -2.05. The molecule has 0 unspecified atom stereocenters. The van der Waals surface area contributed by atoms with Crippen molar-refractivity contribution in [3.63, 3.8) is 0 Å². The van der Waals surface area contributed by atoms with E-state index in [1.165, 1.54) is 6.07 Å². The Kier molecular flexibility index (Phi) is 4.59. The normalized spacial score (nSPS) is 11.0. The summed E-state index contributed by atoms with van der Waals surface area (Å²) in [6.07, 6.45) is 0. The van der Waals surface area contributed by atoms with Crippen LogP contribution in [0, 0.1) is 12.7 Å². The second-order valence-electron chi connectivity index (χ2n) is 6.67. The lowest BCUT2D eigenvalue weighted by Crippen LogP contribution is -2.30. The molecule has 2 heterocycles. The molecule has 29 heavy (non-hydrogen) atoms. The molecule has 8 heteroatoms. The molecule has 0 fully saturated rings. The molecule has 0 bridgehead atoms. The maximum atomic E-state index is 14.2. The highest BCUT2D eigenvalue weighted by Gasteiger charge is 2.14. The Morgan fingerprint density at radius 2 is 1.83 bits per heavy atom. The molecule has 4 rings (SSSR count). The largest absolute Gasteiger partial charge is 0.354 e. The van der Waals surface area contributed by atoms with Gasteiger partial charge in [0.1, 0.15) is 11.5 Å². The van der Waals surface area contributed by atoms with Crippen LogP contribution in [0.5, 0.6) is 0 Å². The Balaban J connectivity index is 1.60. The average molecular weight is 392 g/mol. The van der Waals surface area contributed by atoms with Gasteiger partial charge < -0.3 is 15.3 Å². The first-order chi connectivity index (χ1) is 13.9. The fraction of sp³-hybridized carbons (Fsp3) is 0.0952. The predicted molar refractivity (Wildman–Crippen MR) is 107 cm³/mol. The molecule has 0 aliphatic rings. The van der Waals surface area contributed by atoms with Gasteiger partial charge in [-0.1, -0.05) is 18.2 Å². The van der Waals surface area contributed by atoms with Gasteiger partial charge in [-0.05, 0) is 42.3 Å². The summed E-state index contributed by atoms with van der Waals surface area (Å²) in [6.45, 7) is 2.10.